The number of nitrogens with one attached hydrogen (secondary N) is 1. The lowest BCUT2D eigenvalue weighted by Crippen LogP contribution is -2.29. The highest BCUT2D eigenvalue weighted by atomic mass is 32.2. The summed E-state index contributed by atoms with van der Waals surface area (Å²) in [5.74, 6) is -1.21. The summed E-state index contributed by atoms with van der Waals surface area (Å²) in [4.78, 5) is 14.4. The molecule has 0 radical (unpaired) electrons. The molecule has 0 bridgehead atoms. The first-order chi connectivity index (χ1) is 7.52. The van der Waals surface area contributed by atoms with Crippen LogP contribution in [-0.2, 0) is 14.8 Å². The molecule has 0 unspecified atom stereocenters. The molecule has 0 aliphatic carbocycles. The van der Waals surface area contributed by atoms with Crippen molar-refractivity contribution in [2.75, 3.05) is 6.54 Å². The van der Waals surface area contributed by atoms with E-state index in [-0.39, 0.29) is 16.2 Å². The fraction of sp³-hybridized carbons (Fsp3) is 0.333. The summed E-state index contributed by atoms with van der Waals surface area (Å²) >= 11 is 0. The van der Waals surface area contributed by atoms with Crippen LogP contribution in [0.3, 0.4) is 0 Å². The van der Waals surface area contributed by atoms with Crippen molar-refractivity contribution in [2.24, 2.45) is 4.99 Å². The highest BCUT2D eigenvalue weighted by Crippen LogP contribution is 2.26. The smallest absolute Gasteiger partial charge is 0.355 e. The Kier molecular flexibility index (Phi) is 2.64. The number of hydrogen-bond acceptors (Lipinski definition) is 4. The Morgan fingerprint density at radius 2 is 2.25 bits per heavy atom. The molecule has 0 atom stereocenters. The van der Waals surface area contributed by atoms with Gasteiger partial charge in [-0.3, -0.25) is 0 Å². The van der Waals surface area contributed by atoms with Crippen LogP contribution in [0.5, 0.6) is 0 Å². The number of sulfonamides is 1. The summed E-state index contributed by atoms with van der Waals surface area (Å²) in [5, 5.41) is 8.86. The normalized spacial score (nSPS) is 23.4. The number of allylic oxidation sites excluding steroid dienone is 2. The number of aliphatic carboxylic acids is 1. The van der Waals surface area contributed by atoms with Crippen LogP contribution in [0.4, 0.5) is 0 Å². The Balaban J connectivity index is 2.48. The Labute approximate surface area is 92.4 Å². The van der Waals surface area contributed by atoms with E-state index in [1.807, 2.05) is 0 Å². The van der Waals surface area contributed by atoms with Crippen LogP contribution in [0.25, 0.3) is 0 Å². The quantitative estimate of drug-likeness (QED) is 0.676. The van der Waals surface area contributed by atoms with Crippen LogP contribution < -0.4 is 4.72 Å². The van der Waals surface area contributed by atoms with Gasteiger partial charge in [-0.2, -0.15) is 0 Å². The maximum atomic E-state index is 11.7. The van der Waals surface area contributed by atoms with Gasteiger partial charge in [0, 0.05) is 18.3 Å². The van der Waals surface area contributed by atoms with Crippen molar-refractivity contribution in [3.8, 4) is 0 Å². The Bertz CT molecular complexity index is 528. The molecule has 2 rings (SSSR count). The minimum Gasteiger partial charge on any atom is -0.476 e. The van der Waals surface area contributed by atoms with Gasteiger partial charge < -0.3 is 5.11 Å². The lowest BCUT2D eigenvalue weighted by atomic mass is 10.1. The maximum Gasteiger partial charge on any atom is 0.355 e. The third-order valence-corrected chi connectivity index (χ3v) is 3.83. The second kappa shape index (κ2) is 3.84. The largest absolute Gasteiger partial charge is 0.476 e. The SMILES string of the molecule is O=C(O)C1=NC=C2C1=CCCCNS2(=O)=O. The summed E-state index contributed by atoms with van der Waals surface area (Å²) < 4.78 is 25.8. The van der Waals surface area contributed by atoms with E-state index in [4.69, 9.17) is 5.11 Å². The van der Waals surface area contributed by atoms with E-state index in [2.05, 4.69) is 9.71 Å². The minimum atomic E-state index is -3.62. The molecule has 0 aromatic rings. The molecule has 0 fully saturated rings. The van der Waals surface area contributed by atoms with Crippen LogP contribution in [0, 0.1) is 0 Å². The van der Waals surface area contributed by atoms with Gasteiger partial charge in [-0.15, -0.1) is 0 Å². The molecule has 0 aromatic heterocycles. The second-order valence-corrected chi connectivity index (χ2v) is 5.17. The van der Waals surface area contributed by atoms with Gasteiger partial charge in [-0.05, 0) is 12.8 Å². The van der Waals surface area contributed by atoms with Crippen molar-refractivity contribution in [3.63, 3.8) is 0 Å². The van der Waals surface area contributed by atoms with Gasteiger partial charge in [0.2, 0.25) is 10.0 Å². The lowest BCUT2D eigenvalue weighted by Gasteiger charge is -2.12. The van der Waals surface area contributed by atoms with E-state index in [9.17, 15) is 13.2 Å². The van der Waals surface area contributed by atoms with Crippen LogP contribution >= 0.6 is 0 Å². The van der Waals surface area contributed by atoms with Gasteiger partial charge in [0.05, 0.1) is 0 Å². The molecule has 2 aliphatic rings. The highest BCUT2D eigenvalue weighted by molar-refractivity contribution is 7.93. The molecule has 2 aliphatic heterocycles. The van der Waals surface area contributed by atoms with Crippen molar-refractivity contribution in [1.82, 2.24) is 4.72 Å². The summed E-state index contributed by atoms with van der Waals surface area (Å²) in [7, 11) is -3.62. The van der Waals surface area contributed by atoms with Gasteiger partial charge in [-0.1, -0.05) is 6.08 Å². The Morgan fingerprint density at radius 3 is 2.94 bits per heavy atom. The molecular formula is C9H10N2O4S. The van der Waals surface area contributed by atoms with Gasteiger partial charge in [0.25, 0.3) is 0 Å². The van der Waals surface area contributed by atoms with Crippen molar-refractivity contribution in [2.45, 2.75) is 12.8 Å². The maximum absolute atomic E-state index is 11.7. The van der Waals surface area contributed by atoms with E-state index in [0.29, 0.717) is 19.4 Å². The molecule has 0 saturated carbocycles. The first-order valence-corrected chi connectivity index (χ1v) is 6.22. The zero-order valence-electron chi connectivity index (χ0n) is 8.30. The summed E-state index contributed by atoms with van der Waals surface area (Å²) in [6.45, 7) is 0.353. The first kappa shape index (κ1) is 11.0. The number of hydrogen-bond donors (Lipinski definition) is 2. The zero-order chi connectivity index (χ0) is 11.8. The molecule has 2 heterocycles. The molecule has 0 aromatic carbocycles. The average molecular weight is 242 g/mol. The van der Waals surface area contributed by atoms with E-state index in [0.717, 1.165) is 6.20 Å². The van der Waals surface area contributed by atoms with E-state index < -0.39 is 16.0 Å². The second-order valence-electron chi connectivity index (χ2n) is 3.43. The zero-order valence-corrected chi connectivity index (χ0v) is 9.12. The summed E-state index contributed by atoms with van der Waals surface area (Å²) in [6, 6.07) is 0. The third kappa shape index (κ3) is 1.79. The van der Waals surface area contributed by atoms with Crippen LogP contribution in [0.15, 0.2) is 27.7 Å². The molecule has 0 amide bonds. The van der Waals surface area contributed by atoms with E-state index in [1.54, 1.807) is 6.08 Å². The molecule has 6 nitrogen and oxygen atoms in total. The fourth-order valence-electron chi connectivity index (χ4n) is 1.59. The van der Waals surface area contributed by atoms with Crippen LogP contribution in [-0.4, -0.2) is 31.8 Å². The topological polar surface area (TPSA) is 95.8 Å². The molecule has 16 heavy (non-hydrogen) atoms. The van der Waals surface area contributed by atoms with Crippen molar-refractivity contribution in [1.29, 1.82) is 0 Å². The fourth-order valence-corrected chi connectivity index (χ4v) is 2.82. The number of carboxylic acids is 1. The standard InChI is InChI=1S/C9H10N2O4S/c12-9(13)8-6-3-1-2-4-11-16(14,15)7(6)5-10-8/h3,5,11H,1-2,4H2,(H,12,13). The Morgan fingerprint density at radius 1 is 1.50 bits per heavy atom. The highest BCUT2D eigenvalue weighted by Gasteiger charge is 2.32. The number of rotatable bonds is 1. The van der Waals surface area contributed by atoms with E-state index >= 15 is 0 Å². The predicted molar refractivity (Wildman–Crippen MR) is 57.4 cm³/mol. The summed E-state index contributed by atoms with van der Waals surface area (Å²) in [6.07, 6.45) is 3.97. The number of fused-ring (bicyclic) bond motifs is 1. The van der Waals surface area contributed by atoms with E-state index in [1.165, 1.54) is 0 Å². The molecule has 0 spiro atoms. The van der Waals surface area contributed by atoms with Crippen molar-refractivity contribution in [3.05, 3.63) is 22.8 Å². The van der Waals surface area contributed by atoms with Crippen molar-refractivity contribution < 1.29 is 18.3 Å². The van der Waals surface area contributed by atoms with Gasteiger partial charge in [-0.25, -0.2) is 22.9 Å². The molecular weight excluding hydrogens is 232 g/mol. The third-order valence-electron chi connectivity index (χ3n) is 2.35. The van der Waals surface area contributed by atoms with Crippen LogP contribution in [0.1, 0.15) is 12.8 Å². The lowest BCUT2D eigenvalue weighted by molar-refractivity contribution is -0.129. The van der Waals surface area contributed by atoms with Crippen molar-refractivity contribution >= 4 is 21.7 Å². The predicted octanol–water partition coefficient (Wildman–Crippen LogP) is 0.00660. The molecule has 2 N–H and O–H groups in total. The van der Waals surface area contributed by atoms with Gasteiger partial charge in [0.1, 0.15) is 4.91 Å². The molecule has 7 heteroatoms. The Hall–Kier alpha value is -1.47. The summed E-state index contributed by atoms with van der Waals surface area (Å²) in [5.41, 5.74) is -0.0121. The monoisotopic (exact) mass is 242 g/mol. The van der Waals surface area contributed by atoms with Gasteiger partial charge >= 0.3 is 5.97 Å². The molecule has 0 saturated heterocycles. The number of carbonyl (C=O) groups is 1. The number of aliphatic imine (C=N–C) groups is 1. The van der Waals surface area contributed by atoms with Crippen LogP contribution in [0.2, 0.25) is 0 Å². The molecule has 86 valence electrons. The first-order valence-electron chi connectivity index (χ1n) is 4.74. The number of carboxylic acid groups (broad SMARTS) is 1. The minimum absolute atomic E-state index is 0.0513. The van der Waals surface area contributed by atoms with Gasteiger partial charge in [0.15, 0.2) is 5.71 Å². The average Bonchev–Trinajstić information content (AvgIpc) is 2.59. The number of nitrogens with zero attached hydrogens (tertiary/aromatic N) is 1.